The molecule has 1 heteroatoms. The van der Waals surface area contributed by atoms with Crippen LogP contribution in [0.3, 0.4) is 0 Å². The summed E-state index contributed by atoms with van der Waals surface area (Å²) in [5, 5.41) is 0. The van der Waals surface area contributed by atoms with Crippen molar-refractivity contribution in [3.63, 3.8) is 0 Å². The van der Waals surface area contributed by atoms with Gasteiger partial charge in [0.1, 0.15) is 0 Å². The molecule has 1 aromatic rings. The molecule has 0 saturated carbocycles. The van der Waals surface area contributed by atoms with Crippen molar-refractivity contribution in [2.45, 2.75) is 13.8 Å². The van der Waals surface area contributed by atoms with Crippen LogP contribution in [0.15, 0.2) is 40.9 Å². The van der Waals surface area contributed by atoms with Crippen molar-refractivity contribution in [3.05, 3.63) is 41.5 Å². The molecule has 72 valence electrons. The molecule has 1 aliphatic heterocycles. The van der Waals surface area contributed by atoms with E-state index in [-0.39, 0.29) is 0 Å². The summed E-state index contributed by atoms with van der Waals surface area (Å²) in [5.74, 6) is 0.590. The largest absolute Gasteiger partial charge is 0.288 e. The standard InChI is InChI=1S/C13H15N/c1-10(2)12-8-14-9-13(12)11-6-4-3-5-7-11/h3-7,9-10H,8H2,1-2H3. The third-order valence-corrected chi connectivity index (χ3v) is 2.61. The lowest BCUT2D eigenvalue weighted by molar-refractivity contribution is 0.757. The van der Waals surface area contributed by atoms with Gasteiger partial charge in [0, 0.05) is 11.8 Å². The summed E-state index contributed by atoms with van der Waals surface area (Å²) in [6.45, 7) is 5.34. The fraction of sp³-hybridized carbons (Fsp3) is 0.308. The summed E-state index contributed by atoms with van der Waals surface area (Å²) in [6, 6.07) is 10.5. The zero-order valence-electron chi connectivity index (χ0n) is 8.70. The number of benzene rings is 1. The molecule has 1 nitrogen and oxygen atoms in total. The minimum absolute atomic E-state index is 0.590. The molecule has 0 bridgehead atoms. The number of aliphatic imine (C=N–C) groups is 1. The molecule has 0 unspecified atom stereocenters. The van der Waals surface area contributed by atoms with Gasteiger partial charge in [0.25, 0.3) is 0 Å². The molecular weight excluding hydrogens is 170 g/mol. The van der Waals surface area contributed by atoms with E-state index in [0.29, 0.717) is 5.92 Å². The first-order chi connectivity index (χ1) is 6.79. The van der Waals surface area contributed by atoms with Crippen molar-refractivity contribution in [2.75, 3.05) is 6.54 Å². The van der Waals surface area contributed by atoms with Crippen LogP contribution in [0.25, 0.3) is 5.57 Å². The van der Waals surface area contributed by atoms with E-state index in [9.17, 15) is 0 Å². The molecule has 14 heavy (non-hydrogen) atoms. The number of nitrogens with zero attached hydrogens (tertiary/aromatic N) is 1. The van der Waals surface area contributed by atoms with Gasteiger partial charge in [-0.1, -0.05) is 44.2 Å². The second-order valence-electron chi connectivity index (χ2n) is 3.93. The summed E-state index contributed by atoms with van der Waals surface area (Å²) in [5.41, 5.74) is 4.06. The van der Waals surface area contributed by atoms with Crippen LogP contribution in [0.5, 0.6) is 0 Å². The Balaban J connectivity index is 2.42. The smallest absolute Gasteiger partial charge is 0.0611 e. The quantitative estimate of drug-likeness (QED) is 0.671. The van der Waals surface area contributed by atoms with E-state index >= 15 is 0 Å². The fourth-order valence-electron chi connectivity index (χ4n) is 1.77. The van der Waals surface area contributed by atoms with Crippen molar-refractivity contribution >= 4 is 11.8 Å². The first-order valence-electron chi connectivity index (χ1n) is 5.07. The topological polar surface area (TPSA) is 12.4 Å². The van der Waals surface area contributed by atoms with Gasteiger partial charge in [-0.3, -0.25) is 4.99 Å². The molecular formula is C13H15N. The van der Waals surface area contributed by atoms with Gasteiger partial charge >= 0.3 is 0 Å². The van der Waals surface area contributed by atoms with Gasteiger partial charge < -0.3 is 0 Å². The Morgan fingerprint density at radius 3 is 2.50 bits per heavy atom. The highest BCUT2D eigenvalue weighted by molar-refractivity contribution is 6.13. The van der Waals surface area contributed by atoms with Gasteiger partial charge in [-0.05, 0) is 17.1 Å². The van der Waals surface area contributed by atoms with E-state index < -0.39 is 0 Å². The Kier molecular flexibility index (Phi) is 2.49. The zero-order chi connectivity index (χ0) is 9.97. The van der Waals surface area contributed by atoms with Crippen molar-refractivity contribution in [1.29, 1.82) is 0 Å². The third kappa shape index (κ3) is 1.63. The molecule has 1 aromatic carbocycles. The average Bonchev–Trinajstić information content (AvgIpc) is 2.67. The molecule has 0 radical (unpaired) electrons. The van der Waals surface area contributed by atoms with Crippen LogP contribution in [0, 0.1) is 5.92 Å². The molecule has 0 saturated heterocycles. The van der Waals surface area contributed by atoms with Crippen LogP contribution in [-0.4, -0.2) is 12.8 Å². The van der Waals surface area contributed by atoms with Crippen LogP contribution in [0.1, 0.15) is 19.4 Å². The first kappa shape index (κ1) is 9.20. The molecule has 0 aromatic heterocycles. The highest BCUT2D eigenvalue weighted by Gasteiger charge is 2.14. The van der Waals surface area contributed by atoms with E-state index in [1.807, 2.05) is 12.3 Å². The second kappa shape index (κ2) is 3.79. The number of rotatable bonds is 2. The van der Waals surface area contributed by atoms with Gasteiger partial charge in [-0.25, -0.2) is 0 Å². The maximum absolute atomic E-state index is 4.34. The van der Waals surface area contributed by atoms with Crippen molar-refractivity contribution in [1.82, 2.24) is 0 Å². The van der Waals surface area contributed by atoms with Crippen LogP contribution in [-0.2, 0) is 0 Å². The summed E-state index contributed by atoms with van der Waals surface area (Å²) < 4.78 is 0. The molecule has 0 spiro atoms. The highest BCUT2D eigenvalue weighted by Crippen LogP contribution is 2.26. The van der Waals surface area contributed by atoms with Crippen LogP contribution >= 0.6 is 0 Å². The van der Waals surface area contributed by atoms with E-state index in [1.165, 1.54) is 16.7 Å². The van der Waals surface area contributed by atoms with E-state index in [1.54, 1.807) is 0 Å². The molecule has 0 aliphatic carbocycles. The van der Waals surface area contributed by atoms with Crippen molar-refractivity contribution in [2.24, 2.45) is 10.9 Å². The van der Waals surface area contributed by atoms with Gasteiger partial charge in [0.2, 0.25) is 0 Å². The van der Waals surface area contributed by atoms with Crippen LogP contribution < -0.4 is 0 Å². The first-order valence-corrected chi connectivity index (χ1v) is 5.07. The summed E-state index contributed by atoms with van der Waals surface area (Å²) in [7, 11) is 0. The molecule has 0 atom stereocenters. The van der Waals surface area contributed by atoms with Crippen LogP contribution in [0.2, 0.25) is 0 Å². The average molecular weight is 185 g/mol. The Morgan fingerprint density at radius 1 is 1.14 bits per heavy atom. The monoisotopic (exact) mass is 185 g/mol. The maximum atomic E-state index is 4.34. The van der Waals surface area contributed by atoms with Crippen molar-refractivity contribution < 1.29 is 0 Å². The van der Waals surface area contributed by atoms with Gasteiger partial charge in [-0.2, -0.15) is 0 Å². The summed E-state index contributed by atoms with van der Waals surface area (Å²) in [4.78, 5) is 4.34. The lowest BCUT2D eigenvalue weighted by Gasteiger charge is -2.09. The normalized spacial score (nSPS) is 15.6. The Morgan fingerprint density at radius 2 is 1.86 bits per heavy atom. The highest BCUT2D eigenvalue weighted by atomic mass is 14.7. The van der Waals surface area contributed by atoms with Gasteiger partial charge in [0.15, 0.2) is 0 Å². The Labute approximate surface area is 85.2 Å². The molecule has 0 N–H and O–H groups in total. The van der Waals surface area contributed by atoms with Gasteiger partial charge in [0.05, 0.1) is 6.54 Å². The minimum atomic E-state index is 0.590. The molecule has 1 heterocycles. The molecule has 0 amide bonds. The van der Waals surface area contributed by atoms with E-state index in [2.05, 4.69) is 43.1 Å². The number of allylic oxidation sites excluding steroid dienone is 1. The third-order valence-electron chi connectivity index (χ3n) is 2.61. The SMILES string of the molecule is CC(C)C1=C(c2ccccc2)C=NC1. The summed E-state index contributed by atoms with van der Waals surface area (Å²) >= 11 is 0. The predicted molar refractivity (Wildman–Crippen MR) is 61.6 cm³/mol. The Bertz CT molecular complexity index is 371. The zero-order valence-corrected chi connectivity index (χ0v) is 8.70. The second-order valence-corrected chi connectivity index (χ2v) is 3.93. The van der Waals surface area contributed by atoms with E-state index in [0.717, 1.165) is 6.54 Å². The van der Waals surface area contributed by atoms with Crippen molar-refractivity contribution in [3.8, 4) is 0 Å². The number of hydrogen-bond donors (Lipinski definition) is 0. The van der Waals surface area contributed by atoms with Crippen LogP contribution in [0.4, 0.5) is 0 Å². The lowest BCUT2D eigenvalue weighted by atomic mass is 9.95. The fourth-order valence-corrected chi connectivity index (χ4v) is 1.77. The summed E-state index contributed by atoms with van der Waals surface area (Å²) in [6.07, 6.45) is 2.00. The Hall–Kier alpha value is -1.37. The maximum Gasteiger partial charge on any atom is 0.0611 e. The number of hydrogen-bond acceptors (Lipinski definition) is 1. The molecule has 1 aliphatic rings. The van der Waals surface area contributed by atoms with Gasteiger partial charge in [-0.15, -0.1) is 0 Å². The molecule has 2 rings (SSSR count). The lowest BCUT2D eigenvalue weighted by Crippen LogP contribution is -1.98. The molecule has 0 fully saturated rings. The predicted octanol–water partition coefficient (Wildman–Crippen LogP) is 3.18. The van der Waals surface area contributed by atoms with E-state index in [4.69, 9.17) is 0 Å². The minimum Gasteiger partial charge on any atom is -0.288 e.